The van der Waals surface area contributed by atoms with Crippen LogP contribution in [0.15, 0.2) is 59.5 Å². The number of hydrogen-bond acceptors (Lipinski definition) is 4. The molecule has 0 saturated carbocycles. The van der Waals surface area contributed by atoms with E-state index in [1.807, 2.05) is 6.07 Å². The van der Waals surface area contributed by atoms with Crippen molar-refractivity contribution in [3.05, 3.63) is 65.4 Å². The van der Waals surface area contributed by atoms with Gasteiger partial charge in [0.25, 0.3) is 10.0 Å². The molecule has 118 valence electrons. The molecule has 1 heterocycles. The standard InChI is InChI=1S/C15H11ClFN3O2S/c16-12-8-11(6-7-13(12)17)23(21,22)20-15(18)9-14(19-20)10-4-2-1-3-5-10/h1-9H,18H2. The number of anilines is 1. The van der Waals surface area contributed by atoms with Gasteiger partial charge >= 0.3 is 0 Å². The number of nitrogens with zero attached hydrogens (tertiary/aromatic N) is 2. The molecule has 1 aromatic heterocycles. The Hall–Kier alpha value is -2.38. The highest BCUT2D eigenvalue weighted by Gasteiger charge is 2.23. The molecule has 2 N–H and O–H groups in total. The van der Waals surface area contributed by atoms with Gasteiger partial charge in [0.2, 0.25) is 0 Å². The molecule has 0 saturated heterocycles. The number of nitrogen functional groups attached to an aromatic ring is 1. The Morgan fingerprint density at radius 2 is 1.78 bits per heavy atom. The predicted octanol–water partition coefficient (Wildman–Crippen LogP) is 3.16. The van der Waals surface area contributed by atoms with Crippen LogP contribution in [0.25, 0.3) is 11.3 Å². The summed E-state index contributed by atoms with van der Waals surface area (Å²) >= 11 is 5.65. The summed E-state index contributed by atoms with van der Waals surface area (Å²) in [6, 6.07) is 13.6. The Kier molecular flexibility index (Phi) is 3.83. The van der Waals surface area contributed by atoms with E-state index in [1.165, 1.54) is 6.07 Å². The molecule has 0 spiro atoms. The Labute approximate surface area is 137 Å². The Bertz CT molecular complexity index is 972. The predicted molar refractivity (Wildman–Crippen MR) is 86.1 cm³/mol. The van der Waals surface area contributed by atoms with Crippen LogP contribution < -0.4 is 5.73 Å². The maximum absolute atomic E-state index is 13.2. The fraction of sp³-hybridized carbons (Fsp3) is 0. The highest BCUT2D eigenvalue weighted by molar-refractivity contribution is 7.90. The summed E-state index contributed by atoms with van der Waals surface area (Å²) in [6.07, 6.45) is 0. The number of halogens is 2. The van der Waals surface area contributed by atoms with Gasteiger partial charge in [-0.1, -0.05) is 41.9 Å². The van der Waals surface area contributed by atoms with Crippen LogP contribution in [-0.2, 0) is 10.0 Å². The van der Waals surface area contributed by atoms with Crippen molar-refractivity contribution >= 4 is 27.4 Å². The topological polar surface area (TPSA) is 78.0 Å². The lowest BCUT2D eigenvalue weighted by Crippen LogP contribution is -2.17. The second kappa shape index (κ2) is 5.68. The average Bonchev–Trinajstić information content (AvgIpc) is 2.93. The van der Waals surface area contributed by atoms with Gasteiger partial charge in [-0.05, 0) is 18.2 Å². The molecule has 2 aromatic carbocycles. The van der Waals surface area contributed by atoms with E-state index in [-0.39, 0.29) is 15.7 Å². The second-order valence-electron chi connectivity index (χ2n) is 4.74. The van der Waals surface area contributed by atoms with Crippen molar-refractivity contribution in [2.75, 3.05) is 5.73 Å². The zero-order valence-corrected chi connectivity index (χ0v) is 13.2. The number of nitrogens with two attached hydrogens (primary N) is 1. The average molecular weight is 352 g/mol. The molecular formula is C15H11ClFN3O2S. The van der Waals surface area contributed by atoms with Crippen molar-refractivity contribution in [1.29, 1.82) is 0 Å². The number of rotatable bonds is 3. The molecule has 0 radical (unpaired) electrons. The van der Waals surface area contributed by atoms with Gasteiger partial charge in [-0.25, -0.2) is 4.39 Å². The molecule has 0 unspecified atom stereocenters. The largest absolute Gasteiger partial charge is 0.383 e. The van der Waals surface area contributed by atoms with Crippen LogP contribution in [0.1, 0.15) is 0 Å². The zero-order valence-electron chi connectivity index (χ0n) is 11.6. The molecular weight excluding hydrogens is 341 g/mol. The summed E-state index contributed by atoms with van der Waals surface area (Å²) in [6.45, 7) is 0. The van der Waals surface area contributed by atoms with E-state index < -0.39 is 15.8 Å². The van der Waals surface area contributed by atoms with Crippen molar-refractivity contribution in [3.8, 4) is 11.3 Å². The van der Waals surface area contributed by atoms with E-state index >= 15 is 0 Å². The van der Waals surface area contributed by atoms with Crippen LogP contribution in [0.2, 0.25) is 5.02 Å². The molecule has 0 aliphatic heterocycles. The Morgan fingerprint density at radius 1 is 1.09 bits per heavy atom. The van der Waals surface area contributed by atoms with Gasteiger partial charge < -0.3 is 5.73 Å². The summed E-state index contributed by atoms with van der Waals surface area (Å²) in [5.74, 6) is -0.756. The fourth-order valence-corrected chi connectivity index (χ4v) is 3.54. The highest BCUT2D eigenvalue weighted by atomic mass is 35.5. The summed E-state index contributed by atoms with van der Waals surface area (Å²) in [5.41, 5.74) is 6.93. The van der Waals surface area contributed by atoms with Crippen LogP contribution in [0.5, 0.6) is 0 Å². The Balaban J connectivity index is 2.10. The van der Waals surface area contributed by atoms with Gasteiger partial charge in [-0.2, -0.15) is 13.5 Å². The van der Waals surface area contributed by atoms with Crippen LogP contribution in [0.4, 0.5) is 10.2 Å². The van der Waals surface area contributed by atoms with Gasteiger partial charge in [0.15, 0.2) is 0 Å². The first-order valence-corrected chi connectivity index (χ1v) is 8.33. The van der Waals surface area contributed by atoms with Crippen LogP contribution in [0.3, 0.4) is 0 Å². The SMILES string of the molecule is Nc1cc(-c2ccccc2)nn1S(=O)(=O)c1ccc(F)c(Cl)c1. The molecule has 23 heavy (non-hydrogen) atoms. The van der Waals surface area contributed by atoms with Crippen LogP contribution in [-0.4, -0.2) is 17.6 Å². The molecule has 5 nitrogen and oxygen atoms in total. The molecule has 0 fully saturated rings. The van der Waals surface area contributed by atoms with E-state index in [4.69, 9.17) is 17.3 Å². The fourth-order valence-electron chi connectivity index (χ4n) is 2.06. The van der Waals surface area contributed by atoms with Crippen LogP contribution in [0, 0.1) is 5.82 Å². The number of benzene rings is 2. The number of aromatic nitrogens is 2. The maximum atomic E-state index is 13.2. The number of hydrogen-bond donors (Lipinski definition) is 1. The zero-order chi connectivity index (χ0) is 16.6. The molecule has 0 aliphatic rings. The molecule has 8 heteroatoms. The van der Waals surface area contributed by atoms with Crippen molar-refractivity contribution in [3.63, 3.8) is 0 Å². The maximum Gasteiger partial charge on any atom is 0.284 e. The third-order valence-electron chi connectivity index (χ3n) is 3.19. The molecule has 0 amide bonds. The second-order valence-corrected chi connectivity index (χ2v) is 6.92. The summed E-state index contributed by atoms with van der Waals surface area (Å²) < 4.78 is 39.1. The minimum atomic E-state index is -4.07. The van der Waals surface area contributed by atoms with E-state index in [1.54, 1.807) is 24.3 Å². The normalized spacial score (nSPS) is 11.6. The first kappa shape index (κ1) is 15.5. The van der Waals surface area contributed by atoms with Crippen molar-refractivity contribution in [2.24, 2.45) is 0 Å². The lowest BCUT2D eigenvalue weighted by atomic mass is 10.2. The van der Waals surface area contributed by atoms with Gasteiger partial charge in [0.05, 0.1) is 15.6 Å². The van der Waals surface area contributed by atoms with Crippen molar-refractivity contribution < 1.29 is 12.8 Å². The minimum Gasteiger partial charge on any atom is -0.383 e. The molecule has 0 atom stereocenters. The lowest BCUT2D eigenvalue weighted by Gasteiger charge is -2.06. The van der Waals surface area contributed by atoms with E-state index in [0.29, 0.717) is 9.78 Å². The van der Waals surface area contributed by atoms with Gasteiger partial charge in [0.1, 0.15) is 11.6 Å². The monoisotopic (exact) mass is 351 g/mol. The van der Waals surface area contributed by atoms with Crippen LogP contribution >= 0.6 is 11.6 Å². The van der Waals surface area contributed by atoms with E-state index in [2.05, 4.69) is 5.10 Å². The first-order valence-electron chi connectivity index (χ1n) is 6.51. The lowest BCUT2D eigenvalue weighted by molar-refractivity contribution is 0.580. The molecule has 0 bridgehead atoms. The third-order valence-corrected chi connectivity index (χ3v) is 5.08. The smallest absolute Gasteiger partial charge is 0.284 e. The first-order chi connectivity index (χ1) is 10.9. The third kappa shape index (κ3) is 2.80. The molecule has 3 aromatic rings. The minimum absolute atomic E-state index is 0.0516. The van der Waals surface area contributed by atoms with Crippen molar-refractivity contribution in [2.45, 2.75) is 4.90 Å². The summed E-state index contributed by atoms with van der Waals surface area (Å²) in [4.78, 5) is -0.196. The molecule has 3 rings (SSSR count). The molecule has 0 aliphatic carbocycles. The van der Waals surface area contributed by atoms with E-state index in [9.17, 15) is 12.8 Å². The summed E-state index contributed by atoms with van der Waals surface area (Å²) in [5, 5.41) is 3.76. The highest BCUT2D eigenvalue weighted by Crippen LogP contribution is 2.25. The van der Waals surface area contributed by atoms with Crippen molar-refractivity contribution in [1.82, 2.24) is 9.19 Å². The van der Waals surface area contributed by atoms with E-state index in [0.717, 1.165) is 23.8 Å². The summed E-state index contributed by atoms with van der Waals surface area (Å²) in [7, 11) is -4.07. The van der Waals surface area contributed by atoms with Gasteiger partial charge in [-0.15, -0.1) is 4.09 Å². The van der Waals surface area contributed by atoms with Gasteiger partial charge in [-0.3, -0.25) is 0 Å². The van der Waals surface area contributed by atoms with Gasteiger partial charge in [0, 0.05) is 11.6 Å². The quantitative estimate of drug-likeness (QED) is 0.786. The Morgan fingerprint density at radius 3 is 2.43 bits per heavy atom.